The lowest BCUT2D eigenvalue weighted by atomic mass is 10.2. The second-order valence-electron chi connectivity index (χ2n) is 3.02. The quantitative estimate of drug-likeness (QED) is 0.570. The third-order valence-electron chi connectivity index (χ3n) is 1.58. The van der Waals surface area contributed by atoms with Crippen LogP contribution in [0.15, 0.2) is 12.7 Å². The number of hydrogen-bond acceptors (Lipinski definition) is 2. The summed E-state index contributed by atoms with van der Waals surface area (Å²) in [4.78, 5) is 0. The number of hydrogen-bond donors (Lipinski definition) is 2. The fraction of sp³-hybridized carbons (Fsp3) is 0.778. The Labute approximate surface area is 69.3 Å². The Kier molecular flexibility index (Phi) is 6.18. The van der Waals surface area contributed by atoms with E-state index in [0.717, 1.165) is 19.4 Å². The van der Waals surface area contributed by atoms with Crippen molar-refractivity contribution >= 4 is 0 Å². The summed E-state index contributed by atoms with van der Waals surface area (Å²) in [5, 5.41) is 12.2. The molecule has 2 unspecified atom stereocenters. The summed E-state index contributed by atoms with van der Waals surface area (Å²) in [5.74, 6) is 0. The minimum atomic E-state index is -0.196. The maximum absolute atomic E-state index is 8.93. The average Bonchev–Trinajstić information content (AvgIpc) is 1.87. The third-order valence-corrected chi connectivity index (χ3v) is 1.58. The first-order chi connectivity index (χ1) is 5.16. The first-order valence-corrected chi connectivity index (χ1v) is 4.19. The SMILES string of the molecule is C=CCC(C)NCCC(C)O. The molecule has 0 aromatic carbocycles. The first kappa shape index (κ1) is 10.7. The number of aliphatic hydroxyl groups excluding tert-OH is 1. The van der Waals surface area contributed by atoms with Gasteiger partial charge in [-0.05, 0) is 33.2 Å². The lowest BCUT2D eigenvalue weighted by Gasteiger charge is -2.11. The second-order valence-corrected chi connectivity index (χ2v) is 3.02. The van der Waals surface area contributed by atoms with Gasteiger partial charge in [0.15, 0.2) is 0 Å². The van der Waals surface area contributed by atoms with Gasteiger partial charge in [0.2, 0.25) is 0 Å². The molecule has 0 spiro atoms. The Morgan fingerprint density at radius 3 is 2.64 bits per heavy atom. The first-order valence-electron chi connectivity index (χ1n) is 4.19. The lowest BCUT2D eigenvalue weighted by molar-refractivity contribution is 0.182. The van der Waals surface area contributed by atoms with Crippen molar-refractivity contribution in [3.05, 3.63) is 12.7 Å². The number of rotatable bonds is 6. The molecular weight excluding hydrogens is 138 g/mol. The molecule has 0 saturated heterocycles. The van der Waals surface area contributed by atoms with Crippen LogP contribution in [0.3, 0.4) is 0 Å². The van der Waals surface area contributed by atoms with Crippen molar-refractivity contribution in [3.8, 4) is 0 Å². The Hall–Kier alpha value is -0.340. The highest BCUT2D eigenvalue weighted by Gasteiger charge is 1.98. The monoisotopic (exact) mass is 157 g/mol. The second kappa shape index (κ2) is 6.38. The van der Waals surface area contributed by atoms with Crippen molar-refractivity contribution in [3.63, 3.8) is 0 Å². The lowest BCUT2D eigenvalue weighted by Crippen LogP contribution is -2.28. The molecule has 0 rings (SSSR count). The van der Waals surface area contributed by atoms with E-state index in [1.165, 1.54) is 0 Å². The van der Waals surface area contributed by atoms with E-state index in [4.69, 9.17) is 5.11 Å². The predicted octanol–water partition coefficient (Wildman–Crippen LogP) is 1.31. The minimum absolute atomic E-state index is 0.196. The highest BCUT2D eigenvalue weighted by molar-refractivity contribution is 4.74. The Bertz CT molecular complexity index is 102. The summed E-state index contributed by atoms with van der Waals surface area (Å²) < 4.78 is 0. The van der Waals surface area contributed by atoms with Crippen LogP contribution in [0.25, 0.3) is 0 Å². The maximum Gasteiger partial charge on any atom is 0.0524 e. The molecule has 0 heterocycles. The fourth-order valence-corrected chi connectivity index (χ4v) is 0.872. The van der Waals surface area contributed by atoms with E-state index in [1.54, 1.807) is 6.92 Å². The van der Waals surface area contributed by atoms with Crippen LogP contribution in [-0.4, -0.2) is 23.8 Å². The zero-order valence-corrected chi connectivity index (χ0v) is 7.51. The van der Waals surface area contributed by atoms with Gasteiger partial charge in [0.1, 0.15) is 0 Å². The smallest absolute Gasteiger partial charge is 0.0524 e. The molecule has 0 aromatic rings. The van der Waals surface area contributed by atoms with Gasteiger partial charge in [0, 0.05) is 6.04 Å². The molecular formula is C9H19NO. The van der Waals surface area contributed by atoms with Gasteiger partial charge in [0.05, 0.1) is 6.10 Å². The summed E-state index contributed by atoms with van der Waals surface area (Å²) in [5.41, 5.74) is 0. The van der Waals surface area contributed by atoms with E-state index in [1.807, 2.05) is 6.08 Å². The van der Waals surface area contributed by atoms with Gasteiger partial charge < -0.3 is 10.4 Å². The summed E-state index contributed by atoms with van der Waals surface area (Å²) >= 11 is 0. The molecule has 0 aromatic heterocycles. The Morgan fingerprint density at radius 1 is 1.55 bits per heavy atom. The molecule has 0 radical (unpaired) electrons. The van der Waals surface area contributed by atoms with Crippen LogP contribution in [0.4, 0.5) is 0 Å². The van der Waals surface area contributed by atoms with Gasteiger partial charge in [-0.3, -0.25) is 0 Å². The molecule has 66 valence electrons. The highest BCUT2D eigenvalue weighted by atomic mass is 16.3. The average molecular weight is 157 g/mol. The van der Waals surface area contributed by atoms with E-state index >= 15 is 0 Å². The van der Waals surface area contributed by atoms with Crippen molar-refractivity contribution in [2.45, 2.75) is 38.8 Å². The largest absolute Gasteiger partial charge is 0.393 e. The van der Waals surface area contributed by atoms with Gasteiger partial charge in [-0.1, -0.05) is 6.08 Å². The van der Waals surface area contributed by atoms with Crippen LogP contribution < -0.4 is 5.32 Å². The predicted molar refractivity (Wildman–Crippen MR) is 48.6 cm³/mol. The molecule has 2 atom stereocenters. The molecule has 2 heteroatoms. The van der Waals surface area contributed by atoms with Crippen molar-refractivity contribution in [2.24, 2.45) is 0 Å². The van der Waals surface area contributed by atoms with Crippen LogP contribution in [-0.2, 0) is 0 Å². The molecule has 0 bridgehead atoms. The molecule has 0 aliphatic heterocycles. The van der Waals surface area contributed by atoms with E-state index < -0.39 is 0 Å². The number of aliphatic hydroxyl groups is 1. The van der Waals surface area contributed by atoms with Gasteiger partial charge in [0.25, 0.3) is 0 Å². The van der Waals surface area contributed by atoms with Gasteiger partial charge in [-0.15, -0.1) is 6.58 Å². The summed E-state index contributed by atoms with van der Waals surface area (Å²) in [6, 6.07) is 0.478. The Balaban J connectivity index is 3.16. The van der Waals surface area contributed by atoms with Crippen LogP contribution in [0.5, 0.6) is 0 Å². The molecule has 0 aliphatic rings. The van der Waals surface area contributed by atoms with Crippen LogP contribution in [0.1, 0.15) is 26.7 Å². The molecule has 0 aliphatic carbocycles. The van der Waals surface area contributed by atoms with Crippen molar-refractivity contribution < 1.29 is 5.11 Å². The van der Waals surface area contributed by atoms with E-state index in [-0.39, 0.29) is 6.10 Å². The normalized spacial score (nSPS) is 15.9. The molecule has 0 amide bonds. The third kappa shape index (κ3) is 7.56. The summed E-state index contributed by atoms with van der Waals surface area (Å²) in [7, 11) is 0. The van der Waals surface area contributed by atoms with E-state index in [9.17, 15) is 0 Å². The van der Waals surface area contributed by atoms with Gasteiger partial charge in [-0.25, -0.2) is 0 Å². The Morgan fingerprint density at radius 2 is 2.18 bits per heavy atom. The summed E-state index contributed by atoms with van der Waals surface area (Å²) in [6.07, 6.45) is 3.51. The van der Waals surface area contributed by atoms with Gasteiger partial charge >= 0.3 is 0 Å². The van der Waals surface area contributed by atoms with E-state index in [2.05, 4.69) is 18.8 Å². The highest BCUT2D eigenvalue weighted by Crippen LogP contribution is 1.92. The van der Waals surface area contributed by atoms with E-state index in [0.29, 0.717) is 6.04 Å². The summed E-state index contributed by atoms with van der Waals surface area (Å²) in [6.45, 7) is 8.46. The zero-order valence-electron chi connectivity index (χ0n) is 7.51. The maximum atomic E-state index is 8.93. The standard InChI is InChI=1S/C9H19NO/c1-4-5-8(2)10-7-6-9(3)11/h4,8-11H,1,5-7H2,2-3H3. The topological polar surface area (TPSA) is 32.3 Å². The molecule has 2 N–H and O–H groups in total. The number of nitrogens with one attached hydrogen (secondary N) is 1. The molecule has 0 saturated carbocycles. The van der Waals surface area contributed by atoms with Crippen molar-refractivity contribution in [2.75, 3.05) is 6.54 Å². The minimum Gasteiger partial charge on any atom is -0.393 e. The van der Waals surface area contributed by atoms with Crippen molar-refractivity contribution in [1.82, 2.24) is 5.32 Å². The van der Waals surface area contributed by atoms with Gasteiger partial charge in [-0.2, -0.15) is 0 Å². The van der Waals surface area contributed by atoms with Crippen LogP contribution in [0.2, 0.25) is 0 Å². The van der Waals surface area contributed by atoms with Crippen molar-refractivity contribution in [1.29, 1.82) is 0 Å². The van der Waals surface area contributed by atoms with Crippen LogP contribution >= 0.6 is 0 Å². The fourth-order valence-electron chi connectivity index (χ4n) is 0.872. The molecule has 2 nitrogen and oxygen atoms in total. The molecule has 11 heavy (non-hydrogen) atoms. The zero-order chi connectivity index (χ0) is 8.69. The molecule has 0 fully saturated rings. The van der Waals surface area contributed by atoms with Crippen LogP contribution in [0, 0.1) is 0 Å².